The summed E-state index contributed by atoms with van der Waals surface area (Å²) in [5.74, 6) is 0. The molecule has 0 radical (unpaired) electrons. The van der Waals surface area contributed by atoms with Gasteiger partial charge in [-0.2, -0.15) is 0 Å². The van der Waals surface area contributed by atoms with Crippen LogP contribution in [-0.4, -0.2) is 5.11 Å². The Hall–Kier alpha value is -0.820. The molecule has 2 rings (SSSR count). The van der Waals surface area contributed by atoms with Crippen LogP contribution in [0.25, 0.3) is 0 Å². The molecule has 1 N–H and O–H groups in total. The first-order valence-electron chi connectivity index (χ1n) is 5.32. The lowest BCUT2D eigenvalue weighted by atomic mass is 9.81. The average molecular weight is 190 g/mol. The highest BCUT2D eigenvalue weighted by atomic mass is 16.3. The van der Waals surface area contributed by atoms with Crippen molar-refractivity contribution in [1.29, 1.82) is 0 Å². The van der Waals surface area contributed by atoms with Crippen LogP contribution in [0, 0.1) is 0 Å². The van der Waals surface area contributed by atoms with Gasteiger partial charge in [0.25, 0.3) is 0 Å². The van der Waals surface area contributed by atoms with Gasteiger partial charge in [-0.25, -0.2) is 0 Å². The zero-order chi connectivity index (χ0) is 10.4. The molecule has 1 heteroatoms. The molecule has 1 aromatic carbocycles. The maximum absolute atomic E-state index is 10.3. The summed E-state index contributed by atoms with van der Waals surface area (Å²) < 4.78 is 0. The summed E-state index contributed by atoms with van der Waals surface area (Å²) in [5, 5.41) is 10.3. The van der Waals surface area contributed by atoms with Crippen molar-refractivity contribution in [3.63, 3.8) is 0 Å². The first kappa shape index (κ1) is 9.72. The molecule has 0 spiro atoms. The second-order valence-corrected chi connectivity index (χ2v) is 4.91. The van der Waals surface area contributed by atoms with Crippen LogP contribution in [0.3, 0.4) is 0 Å². The van der Waals surface area contributed by atoms with E-state index < -0.39 is 5.60 Å². The molecule has 1 nitrogen and oxygen atoms in total. The van der Waals surface area contributed by atoms with Crippen LogP contribution < -0.4 is 0 Å². The zero-order valence-electron chi connectivity index (χ0n) is 9.17. The molecule has 2 atom stereocenters. The van der Waals surface area contributed by atoms with Crippen molar-refractivity contribution in [2.75, 3.05) is 0 Å². The smallest absolute Gasteiger partial charge is 0.0879 e. The number of hydrogen-bond donors (Lipinski definition) is 1. The van der Waals surface area contributed by atoms with Crippen molar-refractivity contribution in [2.24, 2.45) is 0 Å². The predicted molar refractivity (Wildman–Crippen MR) is 58.3 cm³/mol. The van der Waals surface area contributed by atoms with Crippen LogP contribution in [0.1, 0.15) is 44.7 Å². The van der Waals surface area contributed by atoms with E-state index in [1.165, 1.54) is 5.56 Å². The summed E-state index contributed by atoms with van der Waals surface area (Å²) in [6, 6.07) is 8.28. The Labute approximate surface area is 85.8 Å². The largest absolute Gasteiger partial charge is 0.385 e. The van der Waals surface area contributed by atoms with E-state index in [-0.39, 0.29) is 5.41 Å². The molecule has 1 aliphatic carbocycles. The third-order valence-electron chi connectivity index (χ3n) is 3.67. The molecule has 0 saturated heterocycles. The molecule has 0 unspecified atom stereocenters. The molecular weight excluding hydrogens is 172 g/mol. The Bertz CT molecular complexity index is 354. The van der Waals surface area contributed by atoms with Crippen LogP contribution in [0.5, 0.6) is 0 Å². The minimum absolute atomic E-state index is 0.153. The van der Waals surface area contributed by atoms with Crippen molar-refractivity contribution in [1.82, 2.24) is 0 Å². The maximum Gasteiger partial charge on any atom is 0.0879 e. The molecule has 0 fully saturated rings. The van der Waals surface area contributed by atoms with Crippen LogP contribution in [0.2, 0.25) is 0 Å². The third kappa shape index (κ3) is 1.19. The normalized spacial score (nSPS) is 35.7. The minimum atomic E-state index is -0.638. The minimum Gasteiger partial charge on any atom is -0.385 e. The molecule has 0 saturated carbocycles. The van der Waals surface area contributed by atoms with Gasteiger partial charge >= 0.3 is 0 Å². The van der Waals surface area contributed by atoms with Crippen molar-refractivity contribution in [3.05, 3.63) is 35.4 Å². The van der Waals surface area contributed by atoms with Gasteiger partial charge in [0.05, 0.1) is 5.60 Å². The van der Waals surface area contributed by atoms with E-state index in [1.54, 1.807) is 0 Å². The molecule has 0 aliphatic heterocycles. The van der Waals surface area contributed by atoms with Gasteiger partial charge in [0, 0.05) is 0 Å². The van der Waals surface area contributed by atoms with Gasteiger partial charge < -0.3 is 5.11 Å². The monoisotopic (exact) mass is 190 g/mol. The number of rotatable bonds is 1. The maximum atomic E-state index is 10.3. The molecule has 0 amide bonds. The quantitative estimate of drug-likeness (QED) is 0.721. The van der Waals surface area contributed by atoms with E-state index in [0.717, 1.165) is 18.4 Å². The van der Waals surface area contributed by atoms with Crippen molar-refractivity contribution >= 4 is 0 Å². The predicted octanol–water partition coefficient (Wildman–Crippen LogP) is 2.97. The standard InChI is InChI=1S/C13H18O/c1-4-12(2)9-13(3,14)11-8-6-5-7-10(11)12/h5-8,14H,4,9H2,1-3H3/t12-,13-/m1/s1. The Morgan fingerprint density at radius 2 is 1.79 bits per heavy atom. The number of hydrogen-bond acceptors (Lipinski definition) is 1. The fourth-order valence-corrected chi connectivity index (χ4v) is 2.74. The van der Waals surface area contributed by atoms with Crippen LogP contribution in [0.4, 0.5) is 0 Å². The SMILES string of the molecule is CC[C@]1(C)C[C@@](C)(O)c2ccccc21. The highest BCUT2D eigenvalue weighted by Crippen LogP contribution is 2.49. The lowest BCUT2D eigenvalue weighted by Crippen LogP contribution is -2.22. The molecule has 0 heterocycles. The van der Waals surface area contributed by atoms with E-state index in [0.29, 0.717) is 0 Å². The summed E-state index contributed by atoms with van der Waals surface area (Å²) in [6.45, 7) is 6.36. The van der Waals surface area contributed by atoms with E-state index in [4.69, 9.17) is 0 Å². The topological polar surface area (TPSA) is 20.2 Å². The lowest BCUT2D eigenvalue weighted by Gasteiger charge is -2.25. The van der Waals surface area contributed by atoms with Gasteiger partial charge in [0.15, 0.2) is 0 Å². The number of fused-ring (bicyclic) bond motifs is 1. The summed E-state index contributed by atoms with van der Waals surface area (Å²) in [4.78, 5) is 0. The fourth-order valence-electron chi connectivity index (χ4n) is 2.74. The van der Waals surface area contributed by atoms with E-state index in [2.05, 4.69) is 32.0 Å². The van der Waals surface area contributed by atoms with E-state index >= 15 is 0 Å². The van der Waals surface area contributed by atoms with E-state index in [1.807, 2.05) is 13.0 Å². The lowest BCUT2D eigenvalue weighted by molar-refractivity contribution is 0.0428. The summed E-state index contributed by atoms with van der Waals surface area (Å²) in [7, 11) is 0. The molecule has 1 aromatic rings. The zero-order valence-corrected chi connectivity index (χ0v) is 9.17. The van der Waals surface area contributed by atoms with Gasteiger partial charge in [-0.05, 0) is 36.3 Å². The van der Waals surface area contributed by atoms with Crippen molar-refractivity contribution in [2.45, 2.75) is 44.6 Å². The Morgan fingerprint density at radius 3 is 2.36 bits per heavy atom. The highest BCUT2D eigenvalue weighted by Gasteiger charge is 2.44. The van der Waals surface area contributed by atoms with Gasteiger partial charge in [-0.3, -0.25) is 0 Å². The Balaban J connectivity index is 2.60. The Kier molecular flexibility index (Phi) is 1.97. The van der Waals surface area contributed by atoms with Crippen molar-refractivity contribution < 1.29 is 5.11 Å². The molecule has 14 heavy (non-hydrogen) atoms. The fraction of sp³-hybridized carbons (Fsp3) is 0.538. The number of aliphatic hydroxyl groups is 1. The van der Waals surface area contributed by atoms with Crippen LogP contribution in [0.15, 0.2) is 24.3 Å². The summed E-state index contributed by atoms with van der Waals surface area (Å²) in [6.07, 6.45) is 1.93. The summed E-state index contributed by atoms with van der Waals surface area (Å²) >= 11 is 0. The van der Waals surface area contributed by atoms with Crippen LogP contribution >= 0.6 is 0 Å². The van der Waals surface area contributed by atoms with Crippen LogP contribution in [-0.2, 0) is 11.0 Å². The van der Waals surface area contributed by atoms with E-state index in [9.17, 15) is 5.11 Å². The van der Waals surface area contributed by atoms with Gasteiger partial charge in [-0.15, -0.1) is 0 Å². The second kappa shape index (κ2) is 2.83. The molecule has 1 aliphatic rings. The molecule has 76 valence electrons. The van der Waals surface area contributed by atoms with Crippen molar-refractivity contribution in [3.8, 4) is 0 Å². The molecule has 0 bridgehead atoms. The highest BCUT2D eigenvalue weighted by molar-refractivity contribution is 5.43. The Morgan fingerprint density at radius 1 is 1.21 bits per heavy atom. The average Bonchev–Trinajstić information content (AvgIpc) is 2.37. The molecule has 0 aromatic heterocycles. The van der Waals surface area contributed by atoms with Gasteiger partial charge in [-0.1, -0.05) is 38.1 Å². The van der Waals surface area contributed by atoms with Gasteiger partial charge in [0.2, 0.25) is 0 Å². The third-order valence-corrected chi connectivity index (χ3v) is 3.67. The summed E-state index contributed by atoms with van der Waals surface area (Å²) in [5.41, 5.74) is 1.96. The first-order chi connectivity index (χ1) is 6.49. The molecular formula is C13H18O. The van der Waals surface area contributed by atoms with Gasteiger partial charge in [0.1, 0.15) is 0 Å². The second-order valence-electron chi connectivity index (χ2n) is 4.91. The number of benzene rings is 1. The first-order valence-corrected chi connectivity index (χ1v) is 5.32.